The summed E-state index contributed by atoms with van der Waals surface area (Å²) in [5.41, 5.74) is 0. The lowest BCUT2D eigenvalue weighted by Crippen LogP contribution is -2.28. The number of esters is 2. The van der Waals surface area contributed by atoms with Crippen molar-refractivity contribution in [2.75, 3.05) is 13.2 Å². The molecule has 2 aliphatic rings. The van der Waals surface area contributed by atoms with Crippen molar-refractivity contribution in [3.8, 4) is 0 Å². The van der Waals surface area contributed by atoms with Gasteiger partial charge in [0, 0.05) is 38.7 Å². The molecule has 8 heteroatoms. The number of hydrogen-bond acceptors (Lipinski definition) is 7. The van der Waals surface area contributed by atoms with Gasteiger partial charge < -0.3 is 24.1 Å². The summed E-state index contributed by atoms with van der Waals surface area (Å²) in [7, 11) is 0. The molecule has 3 unspecified atom stereocenters. The van der Waals surface area contributed by atoms with E-state index >= 15 is 0 Å². The second-order valence-corrected chi connectivity index (χ2v) is 10.5. The van der Waals surface area contributed by atoms with Crippen LogP contribution in [-0.2, 0) is 33.3 Å². The van der Waals surface area contributed by atoms with Crippen LogP contribution in [0.25, 0.3) is 0 Å². The van der Waals surface area contributed by atoms with Gasteiger partial charge in [-0.25, -0.2) is 0 Å². The Balaban J connectivity index is 2.19. The molecule has 2 fully saturated rings. The highest BCUT2D eigenvalue weighted by Gasteiger charge is 2.43. The van der Waals surface area contributed by atoms with E-state index in [1.54, 1.807) is 0 Å². The van der Waals surface area contributed by atoms with E-state index in [9.17, 15) is 14.4 Å². The number of allylic oxidation sites excluding steroid dienone is 3. The van der Waals surface area contributed by atoms with Gasteiger partial charge in [0.2, 0.25) is 0 Å². The molecular formula is C30H48O8. The number of carbonyl (C=O) groups excluding carboxylic acids is 2. The maximum absolute atomic E-state index is 11.9. The topological polar surface area (TPSA) is 108 Å². The van der Waals surface area contributed by atoms with E-state index in [0.717, 1.165) is 51.6 Å². The largest absolute Gasteiger partial charge is 0.481 e. The number of aliphatic carboxylic acids is 1. The molecule has 216 valence electrons. The zero-order valence-corrected chi connectivity index (χ0v) is 23.5. The highest BCUT2D eigenvalue weighted by Crippen LogP contribution is 2.43. The summed E-state index contributed by atoms with van der Waals surface area (Å²) in [6.45, 7) is 6.01. The van der Waals surface area contributed by atoms with Gasteiger partial charge in [-0.05, 0) is 57.3 Å². The Morgan fingerprint density at radius 1 is 1.08 bits per heavy atom. The van der Waals surface area contributed by atoms with Crippen LogP contribution in [0.1, 0.15) is 97.8 Å². The fraction of sp³-hybridized carbons (Fsp3) is 0.767. The summed E-state index contributed by atoms with van der Waals surface area (Å²) < 4.78 is 23.3. The van der Waals surface area contributed by atoms with Crippen LogP contribution < -0.4 is 0 Å². The lowest BCUT2D eigenvalue weighted by molar-refractivity contribution is -0.179. The monoisotopic (exact) mass is 536 g/mol. The third-order valence-electron chi connectivity index (χ3n) is 7.31. The van der Waals surface area contributed by atoms with Crippen molar-refractivity contribution in [1.29, 1.82) is 0 Å². The van der Waals surface area contributed by atoms with Crippen LogP contribution in [0.3, 0.4) is 0 Å². The number of rotatable bonds is 17. The molecule has 6 atom stereocenters. The average Bonchev–Trinajstić information content (AvgIpc) is 3.19. The first-order chi connectivity index (χ1) is 18.3. The third kappa shape index (κ3) is 12.6. The minimum absolute atomic E-state index is 0.0205. The zero-order valence-electron chi connectivity index (χ0n) is 23.5. The molecule has 0 bridgehead atoms. The molecule has 0 spiro atoms. The van der Waals surface area contributed by atoms with Gasteiger partial charge in [0.15, 0.2) is 6.29 Å². The summed E-state index contributed by atoms with van der Waals surface area (Å²) in [6.07, 6.45) is 17.9. The van der Waals surface area contributed by atoms with Gasteiger partial charge in [0.25, 0.3) is 0 Å². The van der Waals surface area contributed by atoms with Crippen molar-refractivity contribution >= 4 is 17.9 Å². The quantitative estimate of drug-likeness (QED) is 0.137. The Morgan fingerprint density at radius 2 is 1.89 bits per heavy atom. The van der Waals surface area contributed by atoms with Crippen molar-refractivity contribution in [1.82, 2.24) is 0 Å². The molecule has 2 rings (SSSR count). The van der Waals surface area contributed by atoms with E-state index < -0.39 is 5.97 Å². The van der Waals surface area contributed by atoms with Crippen molar-refractivity contribution in [2.24, 2.45) is 17.8 Å². The van der Waals surface area contributed by atoms with Crippen molar-refractivity contribution in [3.63, 3.8) is 0 Å². The Hall–Kier alpha value is -2.19. The summed E-state index contributed by atoms with van der Waals surface area (Å²) in [4.78, 5) is 34.3. The Labute approximate surface area is 228 Å². The second kappa shape index (κ2) is 18.2. The molecule has 1 heterocycles. The third-order valence-corrected chi connectivity index (χ3v) is 7.31. The van der Waals surface area contributed by atoms with Crippen LogP contribution in [-0.4, -0.2) is 54.7 Å². The molecule has 8 nitrogen and oxygen atoms in total. The van der Waals surface area contributed by atoms with Crippen LogP contribution in [0.15, 0.2) is 24.3 Å². The van der Waals surface area contributed by atoms with Crippen molar-refractivity contribution < 1.29 is 38.4 Å². The Bertz CT molecular complexity index is 770. The number of ether oxygens (including phenoxy) is 4. The van der Waals surface area contributed by atoms with Gasteiger partial charge >= 0.3 is 17.9 Å². The Morgan fingerprint density at radius 3 is 2.55 bits per heavy atom. The van der Waals surface area contributed by atoms with Gasteiger partial charge in [0.05, 0.1) is 12.7 Å². The molecule has 0 aromatic carbocycles. The van der Waals surface area contributed by atoms with Gasteiger partial charge in [-0.3, -0.25) is 14.4 Å². The molecule has 0 radical (unpaired) electrons. The number of carboxylic acid groups (broad SMARTS) is 1. The van der Waals surface area contributed by atoms with Crippen LogP contribution in [0, 0.1) is 17.8 Å². The predicted octanol–water partition coefficient (Wildman–Crippen LogP) is 5.98. The minimum Gasteiger partial charge on any atom is -0.481 e. The Kier molecular flexibility index (Phi) is 15.3. The summed E-state index contributed by atoms with van der Waals surface area (Å²) in [5, 5.41) is 8.86. The number of carbonyl (C=O) groups is 3. The predicted molar refractivity (Wildman–Crippen MR) is 144 cm³/mol. The SMILES string of the molecule is CCCCCC(/C=C/[C@H]1[C@H](COC(C)=O)CC(OC(C)=O)[C@@H]1C/C=C\CCCC(=O)O)OC1CCCCO1. The molecule has 1 aliphatic carbocycles. The molecule has 0 aromatic heterocycles. The molecule has 0 amide bonds. The lowest BCUT2D eigenvalue weighted by Gasteiger charge is -2.27. The maximum atomic E-state index is 11.9. The minimum atomic E-state index is -0.794. The molecule has 0 aromatic rings. The first-order valence-electron chi connectivity index (χ1n) is 14.4. The van der Waals surface area contributed by atoms with E-state index in [1.807, 2.05) is 6.08 Å². The molecule has 1 aliphatic heterocycles. The normalized spacial score (nSPS) is 26.6. The smallest absolute Gasteiger partial charge is 0.303 e. The van der Waals surface area contributed by atoms with Crippen molar-refractivity contribution in [3.05, 3.63) is 24.3 Å². The summed E-state index contributed by atoms with van der Waals surface area (Å²) >= 11 is 0. The first-order valence-corrected chi connectivity index (χ1v) is 14.4. The van der Waals surface area contributed by atoms with Crippen LogP contribution in [0.2, 0.25) is 0 Å². The van der Waals surface area contributed by atoms with Crippen molar-refractivity contribution in [2.45, 2.75) is 116 Å². The second-order valence-electron chi connectivity index (χ2n) is 10.5. The summed E-state index contributed by atoms with van der Waals surface area (Å²) in [5.74, 6) is -1.37. The summed E-state index contributed by atoms with van der Waals surface area (Å²) in [6, 6.07) is 0. The molecule has 1 saturated carbocycles. The van der Waals surface area contributed by atoms with Gasteiger partial charge in [-0.2, -0.15) is 0 Å². The number of unbranched alkanes of at least 4 members (excludes halogenated alkanes) is 3. The number of carboxylic acids is 1. The van der Waals surface area contributed by atoms with Crippen LogP contribution in [0.5, 0.6) is 0 Å². The molecular weight excluding hydrogens is 488 g/mol. The highest BCUT2D eigenvalue weighted by atomic mass is 16.7. The van der Waals surface area contributed by atoms with Gasteiger partial charge in [-0.15, -0.1) is 0 Å². The highest BCUT2D eigenvalue weighted by molar-refractivity contribution is 5.67. The zero-order chi connectivity index (χ0) is 27.8. The molecule has 1 saturated heterocycles. The fourth-order valence-electron chi connectivity index (χ4n) is 5.40. The fourth-order valence-corrected chi connectivity index (χ4v) is 5.40. The molecule has 38 heavy (non-hydrogen) atoms. The van der Waals surface area contributed by atoms with E-state index in [1.165, 1.54) is 13.8 Å². The van der Waals surface area contributed by atoms with E-state index in [2.05, 4.69) is 25.2 Å². The van der Waals surface area contributed by atoms with E-state index in [0.29, 0.717) is 25.7 Å². The van der Waals surface area contributed by atoms with E-state index in [4.69, 9.17) is 24.1 Å². The van der Waals surface area contributed by atoms with Gasteiger partial charge in [-0.1, -0.05) is 50.5 Å². The van der Waals surface area contributed by atoms with E-state index in [-0.39, 0.29) is 61.2 Å². The maximum Gasteiger partial charge on any atom is 0.303 e. The van der Waals surface area contributed by atoms with Crippen LogP contribution in [0.4, 0.5) is 0 Å². The molecule has 1 N–H and O–H groups in total. The van der Waals surface area contributed by atoms with Crippen LogP contribution >= 0.6 is 0 Å². The number of hydrogen-bond donors (Lipinski definition) is 1. The lowest BCUT2D eigenvalue weighted by atomic mass is 9.86. The first kappa shape index (κ1) is 32.0. The van der Waals surface area contributed by atoms with Gasteiger partial charge in [0.1, 0.15) is 6.10 Å². The standard InChI is InChI=1S/C30H48O8/c1-4-5-8-13-25(38-30-16-11-12-19-35-30)17-18-26-24(21-36-22(2)31)20-28(37-23(3)32)27(26)14-9-6-7-10-15-29(33)34/h6,9,17-18,24-28,30H,4-5,7-8,10-16,19-21H2,1-3H3,(H,33,34)/b9-6-,18-17+/t24-,25?,26-,27+,28?,30?/m0/s1. The average molecular weight is 537 g/mol.